The maximum absolute atomic E-state index is 13.1. The molecule has 0 saturated heterocycles. The number of benzene rings is 7. The van der Waals surface area contributed by atoms with Crippen LogP contribution in [0.3, 0.4) is 0 Å². The van der Waals surface area contributed by atoms with Gasteiger partial charge >= 0.3 is 0 Å². The van der Waals surface area contributed by atoms with Crippen molar-refractivity contribution in [1.29, 1.82) is 0 Å². The van der Waals surface area contributed by atoms with E-state index >= 15 is 0 Å². The van der Waals surface area contributed by atoms with E-state index in [4.69, 9.17) is 0 Å². The Hall–Kier alpha value is -6.10. The number of hydrogen-bond acceptors (Lipinski definition) is 1. The average Bonchev–Trinajstić information content (AvgIpc) is 3.88. The Morgan fingerprint density at radius 2 is 0.750 bits per heavy atom. The topological polar surface area (TPSA) is 35.0 Å². The van der Waals surface area contributed by atoms with E-state index < -0.39 is 5.60 Å². The van der Waals surface area contributed by atoms with Crippen molar-refractivity contribution in [3.8, 4) is 17.1 Å². The van der Waals surface area contributed by atoms with Crippen LogP contribution in [0.2, 0.25) is 0 Å². The van der Waals surface area contributed by atoms with Crippen molar-refractivity contribution in [1.82, 2.24) is 13.7 Å². The van der Waals surface area contributed by atoms with Crippen LogP contribution in [-0.4, -0.2) is 18.8 Å². The summed E-state index contributed by atoms with van der Waals surface area (Å²) in [5.41, 5.74) is 10.8. The molecule has 4 fully saturated rings. The summed E-state index contributed by atoms with van der Waals surface area (Å²) in [5.74, 6) is 2.18. The molecule has 4 nitrogen and oxygen atoms in total. The third-order valence-electron chi connectivity index (χ3n) is 14.4. The highest BCUT2D eigenvalue weighted by molar-refractivity contribution is 6.14. The zero-order chi connectivity index (χ0) is 36.7. The molecule has 4 heteroatoms. The quantitative estimate of drug-likeness (QED) is 0.193. The molecule has 14 rings (SSSR count). The molecule has 4 aliphatic carbocycles. The summed E-state index contributed by atoms with van der Waals surface area (Å²) >= 11 is 0. The highest BCUT2D eigenvalue weighted by Gasteiger charge is 2.58. The van der Waals surface area contributed by atoms with Crippen molar-refractivity contribution in [2.75, 3.05) is 0 Å². The van der Waals surface area contributed by atoms with Gasteiger partial charge in [0.25, 0.3) is 0 Å². The average molecular weight is 724 g/mol. The Kier molecular flexibility index (Phi) is 6.25. The normalized spacial score (nSPS) is 23.2. The van der Waals surface area contributed by atoms with Gasteiger partial charge in [0.1, 0.15) is 0 Å². The van der Waals surface area contributed by atoms with Crippen LogP contribution in [0.4, 0.5) is 0 Å². The molecule has 4 aliphatic rings. The molecule has 3 heterocycles. The van der Waals surface area contributed by atoms with Gasteiger partial charge < -0.3 is 18.8 Å². The third kappa shape index (κ3) is 4.07. The summed E-state index contributed by atoms with van der Waals surface area (Å²) in [5, 5.41) is 20.6. The van der Waals surface area contributed by atoms with E-state index in [1.54, 1.807) is 0 Å². The molecule has 1 N–H and O–H groups in total. The summed E-state index contributed by atoms with van der Waals surface area (Å²) in [7, 11) is 0. The van der Waals surface area contributed by atoms with Gasteiger partial charge in [-0.25, -0.2) is 0 Å². The molecule has 4 bridgehead atoms. The molecular weight excluding hydrogens is 683 g/mol. The molecule has 10 aromatic rings. The molecule has 56 heavy (non-hydrogen) atoms. The van der Waals surface area contributed by atoms with Crippen molar-refractivity contribution < 1.29 is 5.11 Å². The predicted molar refractivity (Wildman–Crippen MR) is 230 cm³/mol. The summed E-state index contributed by atoms with van der Waals surface area (Å²) in [6, 6.07) is 57.9. The van der Waals surface area contributed by atoms with E-state index in [-0.39, 0.29) is 0 Å². The lowest BCUT2D eigenvalue weighted by atomic mass is 9.48. The van der Waals surface area contributed by atoms with Crippen LogP contribution < -0.4 is 0 Å². The van der Waals surface area contributed by atoms with Crippen LogP contribution in [0.15, 0.2) is 158 Å². The zero-order valence-corrected chi connectivity index (χ0v) is 31.1. The first-order valence-electron chi connectivity index (χ1n) is 20.5. The molecule has 0 spiro atoms. The smallest absolute Gasteiger partial charge is 0.0973 e. The minimum Gasteiger partial charge on any atom is -0.385 e. The first-order chi connectivity index (χ1) is 27.6. The van der Waals surface area contributed by atoms with Gasteiger partial charge in [0.15, 0.2) is 0 Å². The van der Waals surface area contributed by atoms with E-state index in [1.165, 1.54) is 60.8 Å². The van der Waals surface area contributed by atoms with E-state index in [0.717, 1.165) is 71.2 Å². The van der Waals surface area contributed by atoms with Gasteiger partial charge in [-0.15, -0.1) is 0 Å². The van der Waals surface area contributed by atoms with Crippen molar-refractivity contribution >= 4 is 65.4 Å². The Labute approximate surface area is 324 Å². The fraction of sp³-hybridized carbons (Fsp3) is 0.192. The van der Waals surface area contributed by atoms with Crippen molar-refractivity contribution in [3.63, 3.8) is 0 Å². The first kappa shape index (κ1) is 31.1. The second kappa shape index (κ2) is 11.2. The minimum atomic E-state index is -0.821. The number of rotatable bonds is 4. The zero-order valence-electron chi connectivity index (χ0n) is 31.1. The maximum atomic E-state index is 13.1. The van der Waals surface area contributed by atoms with E-state index in [0.29, 0.717) is 11.8 Å². The first-order valence-corrected chi connectivity index (χ1v) is 20.5. The number of aromatic nitrogens is 3. The molecule has 0 amide bonds. The molecule has 7 aromatic carbocycles. The standard InChI is InChI=1S/C52H41N3O/c56-52(34-26-32-25-33(28-34)29-35(52)27-32)44-15-5-10-20-51(44)55-49-23-21-36(53-45-16-6-1-11-38(45)39-12-2-7-17-46(39)53)30-42(49)43-31-37(22-24-50(43)55)54-47-18-8-3-13-40(47)41-14-4-9-19-48(41)54/h1-24,30-35,56H,25-29H2. The molecule has 0 radical (unpaired) electrons. The Balaban J connectivity index is 1.11. The van der Waals surface area contributed by atoms with Crippen molar-refractivity contribution in [3.05, 3.63) is 163 Å². The minimum absolute atomic E-state index is 0.316. The van der Waals surface area contributed by atoms with Gasteiger partial charge in [-0.3, -0.25) is 0 Å². The van der Waals surface area contributed by atoms with Gasteiger partial charge in [-0.1, -0.05) is 91.0 Å². The molecule has 0 aliphatic heterocycles. The van der Waals surface area contributed by atoms with Crippen LogP contribution in [0, 0.1) is 23.7 Å². The Bertz CT molecular complexity index is 2940. The Morgan fingerprint density at radius 1 is 0.375 bits per heavy atom. The van der Waals surface area contributed by atoms with Crippen molar-refractivity contribution in [2.24, 2.45) is 23.7 Å². The highest BCUT2D eigenvalue weighted by atomic mass is 16.3. The summed E-state index contributed by atoms with van der Waals surface area (Å²) in [4.78, 5) is 0. The second-order valence-electron chi connectivity index (χ2n) is 17.1. The fourth-order valence-electron chi connectivity index (χ4n) is 12.3. The molecule has 0 atom stereocenters. The van der Waals surface area contributed by atoms with Gasteiger partial charge in [0.05, 0.1) is 44.4 Å². The number of para-hydroxylation sites is 5. The van der Waals surface area contributed by atoms with Crippen LogP contribution in [0.1, 0.15) is 37.7 Å². The lowest BCUT2D eigenvalue weighted by Crippen LogP contribution is -2.55. The number of fused-ring (bicyclic) bond motifs is 9. The molecule has 4 saturated carbocycles. The number of hydrogen-bond donors (Lipinski definition) is 1. The van der Waals surface area contributed by atoms with E-state index in [2.05, 4.69) is 171 Å². The summed E-state index contributed by atoms with van der Waals surface area (Å²) < 4.78 is 7.32. The van der Waals surface area contributed by atoms with E-state index in [1.807, 2.05) is 0 Å². The van der Waals surface area contributed by atoms with Gasteiger partial charge in [-0.05, 0) is 123 Å². The van der Waals surface area contributed by atoms with Gasteiger partial charge in [-0.2, -0.15) is 0 Å². The predicted octanol–water partition coefficient (Wildman–Crippen LogP) is 12.6. The van der Waals surface area contributed by atoms with Crippen LogP contribution >= 0.6 is 0 Å². The molecular formula is C52H41N3O. The monoisotopic (exact) mass is 723 g/mol. The Morgan fingerprint density at radius 3 is 1.20 bits per heavy atom. The second-order valence-corrected chi connectivity index (χ2v) is 17.1. The van der Waals surface area contributed by atoms with Crippen LogP contribution in [0.5, 0.6) is 0 Å². The van der Waals surface area contributed by atoms with Crippen LogP contribution in [0.25, 0.3) is 82.5 Å². The lowest BCUT2D eigenvalue weighted by molar-refractivity contribution is -0.179. The molecule has 270 valence electrons. The van der Waals surface area contributed by atoms with Gasteiger partial charge in [0, 0.05) is 49.3 Å². The summed E-state index contributed by atoms with van der Waals surface area (Å²) in [6.45, 7) is 0. The summed E-state index contributed by atoms with van der Waals surface area (Å²) in [6.07, 6.45) is 5.95. The number of aliphatic hydroxyl groups is 1. The largest absolute Gasteiger partial charge is 0.385 e. The molecule has 3 aromatic heterocycles. The van der Waals surface area contributed by atoms with Crippen LogP contribution in [-0.2, 0) is 5.60 Å². The fourth-order valence-corrected chi connectivity index (χ4v) is 12.3. The molecule has 0 unspecified atom stereocenters. The number of nitrogens with zero attached hydrogens (tertiary/aromatic N) is 3. The van der Waals surface area contributed by atoms with Gasteiger partial charge in [0.2, 0.25) is 0 Å². The van der Waals surface area contributed by atoms with E-state index in [9.17, 15) is 5.11 Å². The third-order valence-corrected chi connectivity index (χ3v) is 14.4. The van der Waals surface area contributed by atoms with Crippen molar-refractivity contribution in [2.45, 2.75) is 37.7 Å². The highest BCUT2D eigenvalue weighted by Crippen LogP contribution is 2.62. The SMILES string of the molecule is OC1(c2ccccc2-n2c3ccc(-n4c5ccccc5c5ccccc54)cc3c3cc(-n4c5ccccc5c5ccccc54)ccc32)C2CC3CC(C2)CC1C3. The maximum Gasteiger partial charge on any atom is 0.0973 e. The lowest BCUT2D eigenvalue weighted by Gasteiger charge is -2.59.